The molecule has 1 amide bonds. The number of halogens is 2. The summed E-state index contributed by atoms with van der Waals surface area (Å²) in [5.74, 6) is -0.473. The number of rotatable bonds is 4. The zero-order valence-electron chi connectivity index (χ0n) is 14.9. The number of hydrogen-bond donors (Lipinski definition) is 0. The molecule has 0 N–H and O–H groups in total. The van der Waals surface area contributed by atoms with Crippen LogP contribution in [0.15, 0.2) is 18.3 Å². The van der Waals surface area contributed by atoms with Gasteiger partial charge in [-0.05, 0) is 53.9 Å². The molecule has 10 heteroatoms. The fourth-order valence-corrected chi connectivity index (χ4v) is 4.85. The first-order chi connectivity index (χ1) is 12.9. The standard InChI is InChI=1S/C17H19ClIN4O3P/c1-10-7-12(13(18)9-20-10)15-8-14(21-23(15)27-19)16(24)22-5-3-11(4-6-22)17(25)26-2/h7-9,11,27H,3-6H2,1-2H3. The van der Waals surface area contributed by atoms with E-state index in [9.17, 15) is 9.59 Å². The summed E-state index contributed by atoms with van der Waals surface area (Å²) in [6.45, 7) is 2.93. The van der Waals surface area contributed by atoms with Crippen LogP contribution in [0, 0.1) is 12.8 Å². The first kappa shape index (κ1) is 20.5. The smallest absolute Gasteiger partial charge is 0.308 e. The third-order valence-corrected chi connectivity index (χ3v) is 6.77. The Kier molecular flexibility index (Phi) is 6.70. The Labute approximate surface area is 177 Å². The second kappa shape index (κ2) is 8.84. The van der Waals surface area contributed by atoms with E-state index in [1.807, 2.05) is 13.0 Å². The van der Waals surface area contributed by atoms with Crippen molar-refractivity contribution in [2.45, 2.75) is 19.8 Å². The van der Waals surface area contributed by atoms with Gasteiger partial charge in [0, 0.05) is 30.5 Å². The fourth-order valence-electron chi connectivity index (χ4n) is 3.13. The van der Waals surface area contributed by atoms with Gasteiger partial charge in [0.05, 0.1) is 30.1 Å². The summed E-state index contributed by atoms with van der Waals surface area (Å²) in [4.78, 5) is 30.5. The lowest BCUT2D eigenvalue weighted by Gasteiger charge is -2.30. The molecule has 0 aromatic carbocycles. The van der Waals surface area contributed by atoms with Crippen LogP contribution in [0.3, 0.4) is 0 Å². The summed E-state index contributed by atoms with van der Waals surface area (Å²) in [7, 11) is 1.39. The first-order valence-electron chi connectivity index (χ1n) is 8.41. The van der Waals surface area contributed by atoms with Gasteiger partial charge >= 0.3 is 5.97 Å². The fraction of sp³-hybridized carbons (Fsp3) is 0.412. The van der Waals surface area contributed by atoms with E-state index in [1.54, 1.807) is 21.6 Å². The molecule has 1 saturated heterocycles. The van der Waals surface area contributed by atoms with Crippen molar-refractivity contribution >= 4 is 51.9 Å². The van der Waals surface area contributed by atoms with Gasteiger partial charge < -0.3 is 9.64 Å². The highest BCUT2D eigenvalue weighted by Gasteiger charge is 2.30. The highest BCUT2D eigenvalue weighted by Crippen LogP contribution is 2.35. The van der Waals surface area contributed by atoms with E-state index in [4.69, 9.17) is 16.3 Å². The third-order valence-electron chi connectivity index (χ3n) is 4.59. The van der Waals surface area contributed by atoms with E-state index in [-0.39, 0.29) is 17.8 Å². The molecule has 3 rings (SSSR count). The molecule has 0 spiro atoms. The summed E-state index contributed by atoms with van der Waals surface area (Å²) in [5, 5.41) is 5.00. The lowest BCUT2D eigenvalue weighted by atomic mass is 9.97. The number of aromatic nitrogens is 3. The molecule has 2 aromatic rings. The van der Waals surface area contributed by atoms with Gasteiger partial charge in [0.2, 0.25) is 0 Å². The van der Waals surface area contributed by atoms with Crippen LogP contribution in [0.25, 0.3) is 11.3 Å². The number of carbonyl (C=O) groups is 2. The van der Waals surface area contributed by atoms with Gasteiger partial charge in [-0.3, -0.25) is 14.6 Å². The van der Waals surface area contributed by atoms with Crippen LogP contribution in [0.1, 0.15) is 29.0 Å². The lowest BCUT2D eigenvalue weighted by Crippen LogP contribution is -2.40. The number of amides is 1. The van der Waals surface area contributed by atoms with Crippen LogP contribution >= 0.6 is 40.0 Å². The van der Waals surface area contributed by atoms with Crippen molar-refractivity contribution in [3.05, 3.63) is 34.7 Å². The Bertz CT molecular complexity index is 868. The second-order valence-corrected chi connectivity index (χ2v) is 8.75. The van der Waals surface area contributed by atoms with Crippen molar-refractivity contribution in [2.24, 2.45) is 5.92 Å². The Hall–Kier alpha value is -1.25. The van der Waals surface area contributed by atoms with Gasteiger partial charge in [0.1, 0.15) is 0 Å². The quantitative estimate of drug-likeness (QED) is 0.349. The average molecular weight is 521 g/mol. The van der Waals surface area contributed by atoms with Gasteiger partial charge in [-0.1, -0.05) is 11.6 Å². The van der Waals surface area contributed by atoms with Crippen LogP contribution in [0.5, 0.6) is 0 Å². The second-order valence-electron chi connectivity index (χ2n) is 6.31. The van der Waals surface area contributed by atoms with Gasteiger partial charge in [0.15, 0.2) is 5.69 Å². The molecule has 0 bridgehead atoms. The summed E-state index contributed by atoms with van der Waals surface area (Å²) in [5.41, 5.74) is 2.84. The Balaban J connectivity index is 1.82. The zero-order valence-corrected chi connectivity index (χ0v) is 18.8. The van der Waals surface area contributed by atoms with E-state index in [0.29, 0.717) is 43.0 Å². The SMILES string of the molecule is COC(=O)C1CCN(C(=O)c2cc(-c3cc(C)ncc3Cl)n(PI)n2)CC1. The summed E-state index contributed by atoms with van der Waals surface area (Å²) < 4.78 is 6.59. The molecule has 1 aliphatic rings. The molecule has 1 unspecified atom stereocenters. The van der Waals surface area contributed by atoms with E-state index >= 15 is 0 Å². The summed E-state index contributed by atoms with van der Waals surface area (Å²) in [6, 6.07) is 3.67. The van der Waals surface area contributed by atoms with E-state index < -0.39 is 0 Å². The van der Waals surface area contributed by atoms with Crippen LogP contribution < -0.4 is 0 Å². The molecule has 3 heterocycles. The highest BCUT2D eigenvalue weighted by molar-refractivity contribution is 14.2. The number of carbonyl (C=O) groups excluding carboxylic acids is 2. The van der Waals surface area contributed by atoms with E-state index in [0.717, 1.165) is 17.0 Å². The maximum absolute atomic E-state index is 12.9. The summed E-state index contributed by atoms with van der Waals surface area (Å²) in [6.07, 6.45) is 3.15. The summed E-state index contributed by atoms with van der Waals surface area (Å²) >= 11 is 8.54. The monoisotopic (exact) mass is 520 g/mol. The molecule has 2 aromatic heterocycles. The Morgan fingerprint density at radius 1 is 1.33 bits per heavy atom. The van der Waals surface area contributed by atoms with Crippen LogP contribution in [0.4, 0.5) is 0 Å². The number of methoxy groups -OCH3 is 1. The largest absolute Gasteiger partial charge is 0.469 e. The number of esters is 1. The third kappa shape index (κ3) is 4.43. The average Bonchev–Trinajstić information content (AvgIpc) is 3.13. The van der Waals surface area contributed by atoms with Crippen molar-refractivity contribution in [1.29, 1.82) is 0 Å². The van der Waals surface area contributed by atoms with Crippen LogP contribution in [-0.4, -0.2) is 51.5 Å². The Morgan fingerprint density at radius 3 is 2.67 bits per heavy atom. The number of pyridine rings is 1. The molecule has 144 valence electrons. The molecular formula is C17H19ClIN4O3P. The molecular weight excluding hydrogens is 502 g/mol. The van der Waals surface area contributed by atoms with Crippen molar-refractivity contribution in [3.8, 4) is 11.3 Å². The Morgan fingerprint density at radius 2 is 2.04 bits per heavy atom. The molecule has 1 fully saturated rings. The van der Waals surface area contributed by atoms with Crippen molar-refractivity contribution in [3.63, 3.8) is 0 Å². The van der Waals surface area contributed by atoms with E-state index in [2.05, 4.69) is 32.1 Å². The molecule has 27 heavy (non-hydrogen) atoms. The predicted octanol–water partition coefficient (Wildman–Crippen LogP) is 3.72. The number of likely N-dealkylation sites (tertiary alicyclic amines) is 1. The van der Waals surface area contributed by atoms with Crippen LogP contribution in [-0.2, 0) is 9.53 Å². The number of aryl methyl sites for hydroxylation is 1. The van der Waals surface area contributed by atoms with Gasteiger partial charge in [0.25, 0.3) is 5.91 Å². The van der Waals surface area contributed by atoms with Crippen LogP contribution in [0.2, 0.25) is 5.02 Å². The van der Waals surface area contributed by atoms with Gasteiger partial charge in [-0.15, -0.1) is 0 Å². The van der Waals surface area contributed by atoms with Gasteiger partial charge in [-0.25, -0.2) is 4.45 Å². The minimum Gasteiger partial charge on any atom is -0.469 e. The molecule has 0 saturated carbocycles. The maximum Gasteiger partial charge on any atom is 0.308 e. The van der Waals surface area contributed by atoms with Gasteiger partial charge in [-0.2, -0.15) is 5.10 Å². The number of nitrogens with zero attached hydrogens (tertiary/aromatic N) is 4. The lowest BCUT2D eigenvalue weighted by molar-refractivity contribution is -0.146. The minimum absolute atomic E-state index is 0.130. The molecule has 0 aliphatic carbocycles. The molecule has 0 radical (unpaired) electrons. The normalized spacial score (nSPS) is 15.5. The number of ether oxygens (including phenoxy) is 1. The van der Waals surface area contributed by atoms with Crippen molar-refractivity contribution in [2.75, 3.05) is 20.2 Å². The zero-order chi connectivity index (χ0) is 19.6. The van der Waals surface area contributed by atoms with Crippen molar-refractivity contribution < 1.29 is 14.3 Å². The molecule has 1 aliphatic heterocycles. The highest BCUT2D eigenvalue weighted by atomic mass is 127. The first-order valence-corrected chi connectivity index (χ1v) is 12.8. The molecule has 7 nitrogen and oxygen atoms in total. The predicted molar refractivity (Wildman–Crippen MR) is 114 cm³/mol. The van der Waals surface area contributed by atoms with Crippen molar-refractivity contribution in [1.82, 2.24) is 19.4 Å². The number of hydrogen-bond acceptors (Lipinski definition) is 5. The molecule has 1 atom stereocenters. The minimum atomic E-state index is -0.206. The van der Waals surface area contributed by atoms with E-state index in [1.165, 1.54) is 7.11 Å². The topological polar surface area (TPSA) is 77.3 Å². The number of piperidine rings is 1. The maximum atomic E-state index is 12.9.